The molecule has 1 aliphatic heterocycles. The Morgan fingerprint density at radius 2 is 2.03 bits per heavy atom. The van der Waals surface area contributed by atoms with Crippen LogP contribution in [0, 0.1) is 11.8 Å². The molecule has 174 valence electrons. The number of imidazole rings is 1. The number of ether oxygens (including phenoxy) is 1. The van der Waals surface area contributed by atoms with E-state index in [2.05, 4.69) is 32.6 Å². The molecule has 2 aromatic heterocycles. The van der Waals surface area contributed by atoms with Crippen molar-refractivity contribution < 1.29 is 14.3 Å². The first-order valence-corrected chi connectivity index (χ1v) is 11.1. The molecule has 0 bridgehead atoms. The average molecular weight is 467 g/mol. The second kappa shape index (κ2) is 9.57. The summed E-state index contributed by atoms with van der Waals surface area (Å²) in [6, 6.07) is 16.8. The smallest absolute Gasteiger partial charge is 0.320 e. The molecule has 2 N–H and O–H groups in total. The summed E-state index contributed by atoms with van der Waals surface area (Å²) in [6.45, 7) is 2.38. The van der Waals surface area contributed by atoms with Gasteiger partial charge in [-0.05, 0) is 55.3 Å². The molecule has 1 atom stereocenters. The number of nitrogens with one attached hydrogen (secondary N) is 2. The highest BCUT2D eigenvalue weighted by molar-refractivity contribution is 6.02. The Balaban J connectivity index is 1.27. The van der Waals surface area contributed by atoms with Crippen LogP contribution in [0.5, 0.6) is 5.75 Å². The van der Waals surface area contributed by atoms with Gasteiger partial charge >= 0.3 is 6.03 Å². The van der Waals surface area contributed by atoms with E-state index in [1.54, 1.807) is 40.0 Å². The monoisotopic (exact) mass is 466 g/mol. The molecule has 0 unspecified atom stereocenters. The lowest BCUT2D eigenvalue weighted by molar-refractivity contribution is -0.120. The van der Waals surface area contributed by atoms with Gasteiger partial charge in [0.15, 0.2) is 5.65 Å². The predicted molar refractivity (Wildman–Crippen MR) is 131 cm³/mol. The van der Waals surface area contributed by atoms with Gasteiger partial charge < -0.3 is 20.3 Å². The number of urea groups is 1. The predicted octanol–water partition coefficient (Wildman–Crippen LogP) is 3.06. The van der Waals surface area contributed by atoms with Crippen molar-refractivity contribution in [2.75, 3.05) is 23.4 Å². The van der Waals surface area contributed by atoms with Gasteiger partial charge in [-0.1, -0.05) is 24.1 Å². The summed E-state index contributed by atoms with van der Waals surface area (Å²) in [5.41, 5.74) is 3.31. The summed E-state index contributed by atoms with van der Waals surface area (Å²) in [6.07, 6.45) is 3.33. The maximum atomic E-state index is 13.0. The SMILES string of the molecule is CCN1C(=O)[C@H](NC(=O)Nc2cccc(C#Cc3cnc4cccnn34)c2)COc2ccccc21. The Morgan fingerprint density at radius 3 is 2.91 bits per heavy atom. The second-order valence-electron chi connectivity index (χ2n) is 7.78. The van der Waals surface area contributed by atoms with Gasteiger partial charge in [0.1, 0.15) is 24.1 Å². The van der Waals surface area contributed by atoms with Gasteiger partial charge in [-0.25, -0.2) is 14.3 Å². The fourth-order valence-electron chi connectivity index (χ4n) is 3.83. The van der Waals surface area contributed by atoms with E-state index in [1.807, 2.05) is 49.4 Å². The number of rotatable bonds is 3. The highest BCUT2D eigenvalue weighted by Gasteiger charge is 2.31. The van der Waals surface area contributed by atoms with Gasteiger partial charge in [-0.15, -0.1) is 0 Å². The highest BCUT2D eigenvalue weighted by Crippen LogP contribution is 2.30. The molecule has 2 aromatic carbocycles. The third-order valence-corrected chi connectivity index (χ3v) is 5.48. The van der Waals surface area contributed by atoms with Gasteiger partial charge in [-0.2, -0.15) is 5.10 Å². The van der Waals surface area contributed by atoms with Gasteiger partial charge in [0.25, 0.3) is 5.91 Å². The number of hydrogen-bond acceptors (Lipinski definition) is 5. The third kappa shape index (κ3) is 4.63. The minimum absolute atomic E-state index is 0.0403. The largest absolute Gasteiger partial charge is 0.489 e. The quantitative estimate of drug-likeness (QED) is 0.452. The van der Waals surface area contributed by atoms with E-state index in [0.29, 0.717) is 40.6 Å². The summed E-state index contributed by atoms with van der Waals surface area (Å²) in [7, 11) is 0. The summed E-state index contributed by atoms with van der Waals surface area (Å²) in [4.78, 5) is 31.6. The Morgan fingerprint density at radius 1 is 1.14 bits per heavy atom. The van der Waals surface area contributed by atoms with Crippen molar-refractivity contribution in [1.29, 1.82) is 0 Å². The molecule has 4 aromatic rings. The number of likely N-dealkylation sites (N-methyl/N-ethyl adjacent to an activating group) is 1. The van der Waals surface area contributed by atoms with Crippen LogP contribution in [0.3, 0.4) is 0 Å². The highest BCUT2D eigenvalue weighted by atomic mass is 16.5. The third-order valence-electron chi connectivity index (χ3n) is 5.48. The first kappa shape index (κ1) is 22.0. The molecule has 0 saturated carbocycles. The van der Waals surface area contributed by atoms with Gasteiger partial charge in [0.05, 0.1) is 11.9 Å². The lowest BCUT2D eigenvalue weighted by Gasteiger charge is -2.23. The van der Waals surface area contributed by atoms with Crippen molar-refractivity contribution in [2.45, 2.75) is 13.0 Å². The lowest BCUT2D eigenvalue weighted by Crippen LogP contribution is -2.51. The molecule has 9 nitrogen and oxygen atoms in total. The lowest BCUT2D eigenvalue weighted by atomic mass is 10.2. The normalized spacial score (nSPS) is 14.8. The Labute approximate surface area is 201 Å². The molecule has 3 amide bonds. The van der Waals surface area contributed by atoms with Crippen LogP contribution in [0.1, 0.15) is 18.2 Å². The number of carbonyl (C=O) groups excluding carboxylic acids is 2. The van der Waals surface area contributed by atoms with Crippen LogP contribution in [0.15, 0.2) is 73.1 Å². The van der Waals surface area contributed by atoms with Crippen LogP contribution in [-0.2, 0) is 4.79 Å². The molecule has 0 saturated heterocycles. The molecule has 3 heterocycles. The number of nitrogens with zero attached hydrogens (tertiary/aromatic N) is 4. The molecular formula is C26H22N6O3. The standard InChI is InChI=1S/C26H22N6O3/c1-2-31-22-9-3-4-10-23(22)35-17-21(25(31)33)30-26(34)29-19-8-5-7-18(15-19)12-13-20-16-27-24-11-6-14-28-32(20)24/h3-11,14-16,21H,2,17H2,1H3,(H2,29,30,34)/t21-/m1/s1. The molecule has 0 fully saturated rings. The first-order chi connectivity index (χ1) is 17.1. The summed E-state index contributed by atoms with van der Waals surface area (Å²) >= 11 is 0. The molecule has 1 aliphatic rings. The summed E-state index contributed by atoms with van der Waals surface area (Å²) in [5.74, 6) is 6.51. The van der Waals surface area contributed by atoms with Crippen LogP contribution in [0.25, 0.3) is 5.65 Å². The Hall–Kier alpha value is -4.84. The summed E-state index contributed by atoms with van der Waals surface area (Å²) < 4.78 is 7.46. The second-order valence-corrected chi connectivity index (χ2v) is 7.78. The van der Waals surface area contributed by atoms with E-state index in [4.69, 9.17) is 4.74 Å². The van der Waals surface area contributed by atoms with Gasteiger partial charge in [0.2, 0.25) is 0 Å². The number of amides is 3. The Bertz CT molecular complexity index is 1470. The maximum Gasteiger partial charge on any atom is 0.320 e. The van der Waals surface area contributed by atoms with E-state index in [1.165, 1.54) is 0 Å². The molecule has 35 heavy (non-hydrogen) atoms. The van der Waals surface area contributed by atoms with E-state index in [0.717, 1.165) is 0 Å². The van der Waals surface area contributed by atoms with Crippen molar-refractivity contribution in [1.82, 2.24) is 19.9 Å². The maximum absolute atomic E-state index is 13.0. The van der Waals surface area contributed by atoms with Crippen molar-refractivity contribution in [3.8, 4) is 17.6 Å². The van der Waals surface area contributed by atoms with Crippen molar-refractivity contribution >= 4 is 29.0 Å². The zero-order chi connectivity index (χ0) is 24.2. The molecule has 9 heteroatoms. The van der Waals surface area contributed by atoms with E-state index in [9.17, 15) is 9.59 Å². The Kier molecular flexibility index (Phi) is 6.01. The number of hydrogen-bond donors (Lipinski definition) is 2. The molecule has 5 rings (SSSR count). The summed E-state index contributed by atoms with van der Waals surface area (Å²) in [5, 5.41) is 9.75. The molecule has 0 spiro atoms. The van der Waals surface area contributed by atoms with Crippen molar-refractivity contribution in [3.05, 3.63) is 84.3 Å². The van der Waals surface area contributed by atoms with E-state index < -0.39 is 12.1 Å². The zero-order valence-corrected chi connectivity index (χ0v) is 18.9. The van der Waals surface area contributed by atoms with Crippen LogP contribution in [0.2, 0.25) is 0 Å². The minimum Gasteiger partial charge on any atom is -0.489 e. The topological polar surface area (TPSA) is 101 Å². The van der Waals surface area contributed by atoms with Gasteiger partial charge in [0, 0.05) is 24.0 Å². The van der Waals surface area contributed by atoms with Crippen LogP contribution in [-0.4, -0.2) is 45.7 Å². The van der Waals surface area contributed by atoms with E-state index >= 15 is 0 Å². The molecular weight excluding hydrogens is 444 g/mol. The van der Waals surface area contributed by atoms with Gasteiger partial charge in [-0.3, -0.25) is 4.79 Å². The average Bonchev–Trinajstić information content (AvgIpc) is 3.24. The first-order valence-electron chi connectivity index (χ1n) is 11.1. The zero-order valence-electron chi connectivity index (χ0n) is 18.9. The van der Waals surface area contributed by atoms with Crippen LogP contribution >= 0.6 is 0 Å². The van der Waals surface area contributed by atoms with Crippen molar-refractivity contribution in [2.24, 2.45) is 0 Å². The fourth-order valence-corrected chi connectivity index (χ4v) is 3.83. The number of aromatic nitrogens is 3. The van der Waals surface area contributed by atoms with Crippen LogP contribution < -0.4 is 20.3 Å². The fraction of sp³-hybridized carbons (Fsp3) is 0.154. The number of benzene rings is 2. The van der Waals surface area contributed by atoms with Crippen molar-refractivity contribution in [3.63, 3.8) is 0 Å². The number of anilines is 2. The number of fused-ring (bicyclic) bond motifs is 2. The molecule has 0 radical (unpaired) electrons. The van der Waals surface area contributed by atoms with Crippen LogP contribution in [0.4, 0.5) is 16.2 Å². The molecule has 0 aliphatic carbocycles. The number of para-hydroxylation sites is 2. The minimum atomic E-state index is -0.826. The van der Waals surface area contributed by atoms with E-state index in [-0.39, 0.29) is 12.5 Å². The number of carbonyl (C=O) groups is 2.